The Hall–Kier alpha value is -1.48. The summed E-state index contributed by atoms with van der Waals surface area (Å²) in [5.74, 6) is -0.322. The van der Waals surface area contributed by atoms with Crippen molar-refractivity contribution in [2.75, 3.05) is 19.8 Å². The lowest BCUT2D eigenvalue weighted by molar-refractivity contribution is -0.189. The quantitative estimate of drug-likeness (QED) is 0.861. The monoisotopic (exact) mass is 312 g/mol. The van der Waals surface area contributed by atoms with E-state index < -0.39 is 22.3 Å². The van der Waals surface area contributed by atoms with Gasteiger partial charge in [-0.1, -0.05) is 0 Å². The summed E-state index contributed by atoms with van der Waals surface area (Å²) < 4.78 is 66.7. The molecule has 0 saturated heterocycles. The van der Waals surface area contributed by atoms with E-state index in [0.717, 1.165) is 17.3 Å². The molecule has 1 atom stereocenters. The van der Waals surface area contributed by atoms with Crippen molar-refractivity contribution in [1.82, 2.24) is 4.31 Å². The lowest BCUT2D eigenvalue weighted by Crippen LogP contribution is -2.31. The van der Waals surface area contributed by atoms with Crippen molar-refractivity contribution >= 4 is 15.7 Å². The number of nitrogens with two attached hydrogens (primary N) is 1. The second-order valence-corrected chi connectivity index (χ2v) is 6.44. The van der Waals surface area contributed by atoms with Crippen molar-refractivity contribution in [2.45, 2.75) is 24.1 Å². The molecule has 0 aromatic heterocycles. The molecule has 0 saturated carbocycles. The highest BCUT2D eigenvalue weighted by molar-refractivity contribution is 7.89. The molecule has 2 N–H and O–H groups in total. The zero-order chi connectivity index (χ0) is 15.7. The SMILES string of the molecule is CC(Oc1cc(S(=O)(=O)N(C)C)ccc1N)C(F)(F)F. The van der Waals surface area contributed by atoms with Gasteiger partial charge in [0, 0.05) is 20.2 Å². The number of benzene rings is 1. The number of rotatable bonds is 4. The van der Waals surface area contributed by atoms with Crippen molar-refractivity contribution in [3.63, 3.8) is 0 Å². The minimum atomic E-state index is -4.57. The second-order valence-electron chi connectivity index (χ2n) is 4.29. The third kappa shape index (κ3) is 3.54. The van der Waals surface area contributed by atoms with Gasteiger partial charge in [0.1, 0.15) is 5.75 Å². The molecular formula is C11H15F3N2O3S. The Morgan fingerprint density at radius 3 is 2.30 bits per heavy atom. The number of alkyl halides is 3. The molecule has 1 rings (SSSR count). The van der Waals surface area contributed by atoms with E-state index in [2.05, 4.69) is 0 Å². The third-order valence-corrected chi connectivity index (χ3v) is 4.34. The van der Waals surface area contributed by atoms with Crippen LogP contribution in [0.5, 0.6) is 5.75 Å². The number of halogens is 3. The molecule has 0 aliphatic carbocycles. The molecule has 0 radical (unpaired) electrons. The van der Waals surface area contributed by atoms with E-state index in [0.29, 0.717) is 0 Å². The number of nitrogen functional groups attached to an aromatic ring is 1. The van der Waals surface area contributed by atoms with Crippen LogP contribution in [0.4, 0.5) is 18.9 Å². The smallest absolute Gasteiger partial charge is 0.425 e. The van der Waals surface area contributed by atoms with Crippen LogP contribution in [0.25, 0.3) is 0 Å². The van der Waals surface area contributed by atoms with Gasteiger partial charge in [0.05, 0.1) is 10.6 Å². The van der Waals surface area contributed by atoms with Crippen LogP contribution in [0.1, 0.15) is 6.92 Å². The summed E-state index contributed by atoms with van der Waals surface area (Å²) in [6.45, 7) is 0.812. The van der Waals surface area contributed by atoms with Gasteiger partial charge in [-0.2, -0.15) is 13.2 Å². The van der Waals surface area contributed by atoms with Crippen LogP contribution in [-0.2, 0) is 10.0 Å². The van der Waals surface area contributed by atoms with Gasteiger partial charge in [-0.05, 0) is 19.1 Å². The molecule has 0 aliphatic heterocycles. The van der Waals surface area contributed by atoms with E-state index >= 15 is 0 Å². The van der Waals surface area contributed by atoms with Crippen LogP contribution in [-0.4, -0.2) is 39.1 Å². The van der Waals surface area contributed by atoms with Crippen molar-refractivity contribution in [2.24, 2.45) is 0 Å². The van der Waals surface area contributed by atoms with Gasteiger partial charge in [0.2, 0.25) is 10.0 Å². The number of ether oxygens (including phenoxy) is 1. The molecule has 0 bridgehead atoms. The molecule has 1 aromatic carbocycles. The predicted molar refractivity (Wildman–Crippen MR) is 67.9 cm³/mol. The molecule has 0 amide bonds. The molecule has 0 heterocycles. The first-order valence-electron chi connectivity index (χ1n) is 5.51. The molecule has 1 aromatic rings. The van der Waals surface area contributed by atoms with Crippen LogP contribution in [0.3, 0.4) is 0 Å². The zero-order valence-electron chi connectivity index (χ0n) is 11.1. The van der Waals surface area contributed by atoms with Gasteiger partial charge >= 0.3 is 6.18 Å². The zero-order valence-corrected chi connectivity index (χ0v) is 11.9. The van der Waals surface area contributed by atoms with E-state index in [-0.39, 0.29) is 16.3 Å². The molecule has 20 heavy (non-hydrogen) atoms. The Kier molecular flexibility index (Phi) is 4.55. The van der Waals surface area contributed by atoms with E-state index in [9.17, 15) is 21.6 Å². The van der Waals surface area contributed by atoms with Crippen molar-refractivity contribution in [3.8, 4) is 5.75 Å². The van der Waals surface area contributed by atoms with Crippen molar-refractivity contribution < 1.29 is 26.3 Å². The highest BCUT2D eigenvalue weighted by atomic mass is 32.2. The van der Waals surface area contributed by atoms with Gasteiger partial charge in [-0.3, -0.25) is 0 Å². The molecular weight excluding hydrogens is 297 g/mol. The Morgan fingerprint density at radius 1 is 1.30 bits per heavy atom. The van der Waals surface area contributed by atoms with E-state index in [1.165, 1.54) is 26.2 Å². The van der Waals surface area contributed by atoms with E-state index in [4.69, 9.17) is 10.5 Å². The molecule has 0 spiro atoms. The summed E-state index contributed by atoms with van der Waals surface area (Å²) in [7, 11) is -1.15. The molecule has 114 valence electrons. The summed E-state index contributed by atoms with van der Waals surface area (Å²) in [5, 5.41) is 0. The number of anilines is 1. The van der Waals surface area contributed by atoms with Gasteiger partial charge < -0.3 is 10.5 Å². The summed E-state index contributed by atoms with van der Waals surface area (Å²) in [6, 6.07) is 3.37. The molecule has 0 aliphatic rings. The average molecular weight is 312 g/mol. The van der Waals surface area contributed by atoms with Crippen LogP contribution in [0, 0.1) is 0 Å². The fourth-order valence-corrected chi connectivity index (χ4v) is 2.16. The second kappa shape index (κ2) is 5.49. The normalized spacial score (nSPS) is 14.3. The third-order valence-electron chi connectivity index (χ3n) is 2.53. The Bertz CT molecular complexity index is 585. The first-order valence-corrected chi connectivity index (χ1v) is 6.95. The largest absolute Gasteiger partial charge is 0.479 e. The van der Waals surface area contributed by atoms with Crippen LogP contribution in [0.15, 0.2) is 23.1 Å². The predicted octanol–water partition coefficient (Wildman–Crippen LogP) is 1.85. The molecule has 9 heteroatoms. The lowest BCUT2D eigenvalue weighted by atomic mass is 10.3. The Labute approximate surface area is 115 Å². The van der Waals surface area contributed by atoms with E-state index in [1.807, 2.05) is 0 Å². The highest BCUT2D eigenvalue weighted by Gasteiger charge is 2.38. The summed E-state index contributed by atoms with van der Waals surface area (Å²) >= 11 is 0. The number of nitrogens with zero attached hydrogens (tertiary/aromatic N) is 1. The van der Waals surface area contributed by atoms with Crippen LogP contribution >= 0.6 is 0 Å². The first kappa shape index (κ1) is 16.6. The summed E-state index contributed by atoms with van der Waals surface area (Å²) in [4.78, 5) is -0.193. The Balaban J connectivity index is 3.17. The van der Waals surface area contributed by atoms with Crippen LogP contribution < -0.4 is 10.5 Å². The standard InChI is InChI=1S/C11H15F3N2O3S/c1-7(11(12,13)14)19-10-6-8(4-5-9(10)15)20(17,18)16(2)3/h4-7H,15H2,1-3H3. The fourth-order valence-electron chi connectivity index (χ4n) is 1.25. The molecule has 1 unspecified atom stereocenters. The van der Waals surface area contributed by atoms with Gasteiger partial charge in [-0.15, -0.1) is 0 Å². The number of hydrogen-bond donors (Lipinski definition) is 1. The minimum absolute atomic E-state index is 0.0705. The Morgan fingerprint density at radius 2 is 1.85 bits per heavy atom. The molecule has 0 fully saturated rings. The maximum atomic E-state index is 12.4. The van der Waals surface area contributed by atoms with Crippen LogP contribution in [0.2, 0.25) is 0 Å². The average Bonchev–Trinajstić information content (AvgIpc) is 2.30. The maximum absolute atomic E-state index is 12.4. The summed E-state index contributed by atoms with van der Waals surface area (Å²) in [6.07, 6.45) is -6.66. The number of hydrogen-bond acceptors (Lipinski definition) is 4. The minimum Gasteiger partial charge on any atom is -0.479 e. The highest BCUT2D eigenvalue weighted by Crippen LogP contribution is 2.31. The van der Waals surface area contributed by atoms with Gasteiger partial charge in [0.25, 0.3) is 0 Å². The number of sulfonamides is 1. The van der Waals surface area contributed by atoms with Crippen molar-refractivity contribution in [3.05, 3.63) is 18.2 Å². The van der Waals surface area contributed by atoms with Gasteiger partial charge in [0.15, 0.2) is 6.10 Å². The fraction of sp³-hybridized carbons (Fsp3) is 0.455. The lowest BCUT2D eigenvalue weighted by Gasteiger charge is -2.19. The maximum Gasteiger partial charge on any atom is 0.425 e. The molecule has 5 nitrogen and oxygen atoms in total. The van der Waals surface area contributed by atoms with E-state index in [1.54, 1.807) is 0 Å². The topological polar surface area (TPSA) is 72.6 Å². The first-order chi connectivity index (χ1) is 8.96. The summed E-state index contributed by atoms with van der Waals surface area (Å²) in [5.41, 5.74) is 5.43. The van der Waals surface area contributed by atoms with Gasteiger partial charge in [-0.25, -0.2) is 12.7 Å². The van der Waals surface area contributed by atoms with Crippen molar-refractivity contribution in [1.29, 1.82) is 0 Å².